The maximum Gasteiger partial charge on any atom is 0.275 e. The molecule has 0 fully saturated rings. The molecule has 104 valence electrons. The van der Waals surface area contributed by atoms with Gasteiger partial charge in [-0.25, -0.2) is 15.8 Å². The minimum absolute atomic E-state index is 0.196. The number of nitrogen functional groups attached to an aromatic ring is 1. The molecule has 0 aliphatic rings. The lowest BCUT2D eigenvalue weighted by Crippen LogP contribution is -2.15. The first-order chi connectivity index (χ1) is 10.3. The molecule has 1 aromatic carbocycles. The third-order valence-corrected chi connectivity index (χ3v) is 2.88. The average molecular weight is 280 g/mol. The molecule has 0 aliphatic heterocycles. The number of anilines is 2. The Balaban J connectivity index is 1.81. The predicted molar refractivity (Wildman–Crippen MR) is 79.5 cm³/mol. The summed E-state index contributed by atoms with van der Waals surface area (Å²) >= 11 is 0. The minimum Gasteiger partial charge on any atom is -0.319 e. The Labute approximate surface area is 120 Å². The number of hydrazine groups is 1. The number of nitrogens with two attached hydrogens (primary N) is 1. The number of nitrogens with zero attached hydrogens (tertiary/aromatic N) is 3. The zero-order valence-corrected chi connectivity index (χ0v) is 10.9. The fourth-order valence-corrected chi connectivity index (χ4v) is 1.85. The van der Waals surface area contributed by atoms with Crippen molar-refractivity contribution in [1.29, 1.82) is 0 Å². The number of fused-ring (bicyclic) bond motifs is 1. The number of hydrogen-bond donors (Lipinski definition) is 3. The number of amides is 1. The van der Waals surface area contributed by atoms with Crippen molar-refractivity contribution in [2.45, 2.75) is 0 Å². The molecule has 0 saturated carbocycles. The van der Waals surface area contributed by atoms with Gasteiger partial charge in [0.05, 0.1) is 29.8 Å². The van der Waals surface area contributed by atoms with Crippen LogP contribution in [0.4, 0.5) is 11.5 Å². The van der Waals surface area contributed by atoms with Gasteiger partial charge in [-0.1, -0.05) is 18.2 Å². The van der Waals surface area contributed by atoms with E-state index in [1.54, 1.807) is 6.20 Å². The lowest BCUT2D eigenvalue weighted by atomic mass is 10.2. The summed E-state index contributed by atoms with van der Waals surface area (Å²) in [5.41, 5.74) is 4.01. The SMILES string of the molecule is NNc1cnc(C(=O)Nc2cnc3ccccc3c2)cn1. The molecule has 3 aromatic rings. The van der Waals surface area contributed by atoms with Gasteiger partial charge in [0.15, 0.2) is 5.82 Å². The van der Waals surface area contributed by atoms with Crippen molar-refractivity contribution in [3.8, 4) is 0 Å². The molecular formula is C14H12N6O. The number of benzene rings is 1. The molecule has 2 heterocycles. The van der Waals surface area contributed by atoms with Crippen molar-refractivity contribution >= 4 is 28.3 Å². The van der Waals surface area contributed by atoms with Crippen LogP contribution >= 0.6 is 0 Å². The molecule has 3 rings (SSSR count). The van der Waals surface area contributed by atoms with E-state index in [4.69, 9.17) is 5.84 Å². The molecule has 7 heteroatoms. The van der Waals surface area contributed by atoms with Gasteiger partial charge in [0, 0.05) is 5.39 Å². The zero-order valence-electron chi connectivity index (χ0n) is 10.9. The van der Waals surface area contributed by atoms with Crippen LogP contribution in [0.1, 0.15) is 10.5 Å². The highest BCUT2D eigenvalue weighted by atomic mass is 16.1. The van der Waals surface area contributed by atoms with Crippen molar-refractivity contribution in [1.82, 2.24) is 15.0 Å². The van der Waals surface area contributed by atoms with Crippen molar-refractivity contribution in [2.75, 3.05) is 10.7 Å². The second-order valence-corrected chi connectivity index (χ2v) is 4.30. The van der Waals surface area contributed by atoms with Crippen LogP contribution in [-0.4, -0.2) is 20.9 Å². The number of hydrogen-bond acceptors (Lipinski definition) is 6. The number of rotatable bonds is 3. The molecule has 0 unspecified atom stereocenters. The highest BCUT2D eigenvalue weighted by Gasteiger charge is 2.09. The summed E-state index contributed by atoms with van der Waals surface area (Å²) in [6, 6.07) is 9.52. The number of nitrogens with one attached hydrogen (secondary N) is 2. The largest absolute Gasteiger partial charge is 0.319 e. The van der Waals surface area contributed by atoms with Gasteiger partial charge in [-0.15, -0.1) is 0 Å². The molecule has 0 spiro atoms. The summed E-state index contributed by atoms with van der Waals surface area (Å²) in [6.45, 7) is 0. The fraction of sp³-hybridized carbons (Fsp3) is 0. The molecule has 1 amide bonds. The van der Waals surface area contributed by atoms with E-state index in [1.807, 2.05) is 30.3 Å². The molecule has 2 aromatic heterocycles. The first-order valence-electron chi connectivity index (χ1n) is 6.21. The minimum atomic E-state index is -0.358. The van der Waals surface area contributed by atoms with Gasteiger partial charge in [-0.3, -0.25) is 9.78 Å². The number of carbonyl (C=O) groups excluding carboxylic acids is 1. The number of carbonyl (C=O) groups is 1. The maximum absolute atomic E-state index is 12.1. The molecule has 0 saturated heterocycles. The fourth-order valence-electron chi connectivity index (χ4n) is 1.85. The van der Waals surface area contributed by atoms with E-state index in [2.05, 4.69) is 25.7 Å². The van der Waals surface area contributed by atoms with E-state index in [9.17, 15) is 4.79 Å². The monoisotopic (exact) mass is 280 g/mol. The first kappa shape index (κ1) is 12.9. The zero-order chi connectivity index (χ0) is 14.7. The Morgan fingerprint density at radius 2 is 1.90 bits per heavy atom. The van der Waals surface area contributed by atoms with Crippen molar-refractivity contribution < 1.29 is 4.79 Å². The van der Waals surface area contributed by atoms with Gasteiger partial charge in [0.25, 0.3) is 5.91 Å². The van der Waals surface area contributed by atoms with Crippen LogP contribution in [0.5, 0.6) is 0 Å². The number of aromatic nitrogens is 3. The van der Waals surface area contributed by atoms with E-state index in [0.717, 1.165) is 10.9 Å². The van der Waals surface area contributed by atoms with Crippen LogP contribution in [0.2, 0.25) is 0 Å². The quantitative estimate of drug-likeness (QED) is 0.496. The van der Waals surface area contributed by atoms with Gasteiger partial charge >= 0.3 is 0 Å². The van der Waals surface area contributed by atoms with Crippen LogP contribution < -0.4 is 16.6 Å². The molecule has 0 atom stereocenters. The lowest BCUT2D eigenvalue weighted by Gasteiger charge is -2.06. The standard InChI is InChI=1S/C14H12N6O/c15-20-13-8-17-12(7-18-13)14(21)19-10-5-9-3-1-2-4-11(9)16-6-10/h1-8H,15H2,(H,18,20)(H,19,21). The lowest BCUT2D eigenvalue weighted by molar-refractivity contribution is 0.102. The Bertz CT molecular complexity index is 787. The van der Waals surface area contributed by atoms with Crippen LogP contribution in [0.3, 0.4) is 0 Å². The van der Waals surface area contributed by atoms with Gasteiger partial charge in [0.1, 0.15) is 5.69 Å². The summed E-state index contributed by atoms with van der Waals surface area (Å²) in [7, 11) is 0. The van der Waals surface area contributed by atoms with Gasteiger partial charge in [-0.2, -0.15) is 0 Å². The Morgan fingerprint density at radius 1 is 1.05 bits per heavy atom. The Morgan fingerprint density at radius 3 is 2.67 bits per heavy atom. The highest BCUT2D eigenvalue weighted by Crippen LogP contribution is 2.16. The van der Waals surface area contributed by atoms with Gasteiger partial charge in [-0.05, 0) is 12.1 Å². The molecule has 0 bridgehead atoms. The van der Waals surface area contributed by atoms with Crippen LogP contribution in [0, 0.1) is 0 Å². The highest BCUT2D eigenvalue weighted by molar-refractivity contribution is 6.03. The summed E-state index contributed by atoms with van der Waals surface area (Å²) in [5, 5.41) is 3.68. The third-order valence-electron chi connectivity index (χ3n) is 2.88. The van der Waals surface area contributed by atoms with Crippen molar-refractivity contribution in [2.24, 2.45) is 5.84 Å². The van der Waals surface area contributed by atoms with Crippen LogP contribution in [0.15, 0.2) is 48.9 Å². The van der Waals surface area contributed by atoms with E-state index in [1.165, 1.54) is 12.4 Å². The van der Waals surface area contributed by atoms with E-state index in [0.29, 0.717) is 11.5 Å². The second-order valence-electron chi connectivity index (χ2n) is 4.30. The molecule has 7 nitrogen and oxygen atoms in total. The second kappa shape index (κ2) is 5.51. The number of pyridine rings is 1. The molecule has 0 aliphatic carbocycles. The summed E-state index contributed by atoms with van der Waals surface area (Å²) in [5.74, 6) is 5.22. The van der Waals surface area contributed by atoms with E-state index < -0.39 is 0 Å². The van der Waals surface area contributed by atoms with Crippen molar-refractivity contribution in [3.05, 3.63) is 54.6 Å². The summed E-state index contributed by atoms with van der Waals surface area (Å²) < 4.78 is 0. The smallest absolute Gasteiger partial charge is 0.275 e. The van der Waals surface area contributed by atoms with Gasteiger partial charge < -0.3 is 10.7 Å². The Hall–Kier alpha value is -3.06. The average Bonchev–Trinajstić information content (AvgIpc) is 2.55. The maximum atomic E-state index is 12.1. The third kappa shape index (κ3) is 2.77. The Kier molecular flexibility index (Phi) is 3.40. The first-order valence-corrected chi connectivity index (χ1v) is 6.21. The molecule has 21 heavy (non-hydrogen) atoms. The van der Waals surface area contributed by atoms with E-state index >= 15 is 0 Å². The van der Waals surface area contributed by atoms with Crippen LogP contribution in [0.25, 0.3) is 10.9 Å². The van der Waals surface area contributed by atoms with Gasteiger partial charge in [0.2, 0.25) is 0 Å². The summed E-state index contributed by atoms with van der Waals surface area (Å²) in [6.07, 6.45) is 4.33. The molecule has 4 N–H and O–H groups in total. The van der Waals surface area contributed by atoms with Crippen LogP contribution in [-0.2, 0) is 0 Å². The van der Waals surface area contributed by atoms with Crippen molar-refractivity contribution in [3.63, 3.8) is 0 Å². The number of para-hydroxylation sites is 1. The summed E-state index contributed by atoms with van der Waals surface area (Å²) in [4.78, 5) is 24.2. The topological polar surface area (TPSA) is 106 Å². The molecular weight excluding hydrogens is 268 g/mol. The van der Waals surface area contributed by atoms with E-state index in [-0.39, 0.29) is 11.6 Å². The molecule has 0 radical (unpaired) electrons. The predicted octanol–water partition coefficient (Wildman–Crippen LogP) is 1.56. The normalized spacial score (nSPS) is 10.3.